The minimum Gasteiger partial charge on any atom is -0.486 e. The van der Waals surface area contributed by atoms with Gasteiger partial charge in [0.05, 0.1) is 28.3 Å². The van der Waals surface area contributed by atoms with E-state index in [2.05, 4.69) is 9.97 Å². The molecular formula is C13H10ClN3O3. The van der Waals surface area contributed by atoms with Crippen molar-refractivity contribution < 1.29 is 9.66 Å². The lowest BCUT2D eigenvalue weighted by Crippen LogP contribution is -1.99. The van der Waals surface area contributed by atoms with Gasteiger partial charge in [-0.3, -0.25) is 15.1 Å². The largest absolute Gasteiger partial charge is 0.486 e. The van der Waals surface area contributed by atoms with Crippen molar-refractivity contribution in [2.45, 2.75) is 6.92 Å². The average molecular weight is 292 g/mol. The molecule has 2 aromatic heterocycles. The zero-order chi connectivity index (χ0) is 14.3. The van der Waals surface area contributed by atoms with Gasteiger partial charge in [-0.25, -0.2) is 0 Å². The minimum atomic E-state index is -0.484. The van der Waals surface area contributed by atoms with E-state index in [0.717, 1.165) is 10.9 Å². The van der Waals surface area contributed by atoms with Crippen LogP contribution < -0.4 is 4.74 Å². The molecule has 6 nitrogen and oxygen atoms in total. The Morgan fingerprint density at radius 2 is 2.30 bits per heavy atom. The summed E-state index contributed by atoms with van der Waals surface area (Å²) in [4.78, 5) is 17.9. The Morgan fingerprint density at radius 3 is 3.00 bits per heavy atom. The van der Waals surface area contributed by atoms with Crippen LogP contribution in [0, 0.1) is 10.1 Å². The SMILES string of the molecule is CCOc1c(Cl)cc2c([nH]c3cnccc32)c1[N+](=O)[O-]. The Bertz CT molecular complexity index is 828. The molecule has 0 saturated carbocycles. The van der Waals surface area contributed by atoms with Crippen LogP contribution in [-0.2, 0) is 0 Å². The van der Waals surface area contributed by atoms with Gasteiger partial charge in [-0.1, -0.05) is 11.6 Å². The number of rotatable bonds is 3. The van der Waals surface area contributed by atoms with Crippen LogP contribution in [-0.4, -0.2) is 21.5 Å². The van der Waals surface area contributed by atoms with Gasteiger partial charge in [0.25, 0.3) is 0 Å². The van der Waals surface area contributed by atoms with E-state index in [-0.39, 0.29) is 16.5 Å². The fourth-order valence-corrected chi connectivity index (χ4v) is 2.53. The molecule has 0 fully saturated rings. The van der Waals surface area contributed by atoms with E-state index >= 15 is 0 Å². The van der Waals surface area contributed by atoms with Gasteiger partial charge < -0.3 is 9.72 Å². The van der Waals surface area contributed by atoms with Crippen molar-refractivity contribution in [1.29, 1.82) is 0 Å². The molecule has 20 heavy (non-hydrogen) atoms. The number of ether oxygens (including phenoxy) is 1. The molecule has 0 radical (unpaired) electrons. The number of nitro groups is 1. The van der Waals surface area contributed by atoms with Gasteiger partial charge in [0.15, 0.2) is 0 Å². The first-order valence-electron chi connectivity index (χ1n) is 5.98. The van der Waals surface area contributed by atoms with Crippen LogP contribution in [0.1, 0.15) is 6.92 Å². The molecule has 0 spiro atoms. The zero-order valence-electron chi connectivity index (χ0n) is 10.5. The van der Waals surface area contributed by atoms with Gasteiger partial charge in [0.2, 0.25) is 5.75 Å². The van der Waals surface area contributed by atoms with E-state index in [0.29, 0.717) is 17.5 Å². The molecule has 0 bridgehead atoms. The van der Waals surface area contributed by atoms with Crippen LogP contribution in [0.3, 0.4) is 0 Å². The van der Waals surface area contributed by atoms with Crippen molar-refractivity contribution >= 4 is 39.1 Å². The molecule has 0 amide bonds. The van der Waals surface area contributed by atoms with Crippen LogP contribution in [0.25, 0.3) is 21.8 Å². The normalized spacial score (nSPS) is 11.1. The van der Waals surface area contributed by atoms with E-state index in [4.69, 9.17) is 16.3 Å². The van der Waals surface area contributed by atoms with Crippen molar-refractivity contribution in [3.63, 3.8) is 0 Å². The molecule has 0 aliphatic carbocycles. The van der Waals surface area contributed by atoms with Crippen LogP contribution >= 0.6 is 11.6 Å². The third kappa shape index (κ3) is 1.77. The number of fused-ring (bicyclic) bond motifs is 3. The quantitative estimate of drug-likeness (QED) is 0.589. The summed E-state index contributed by atoms with van der Waals surface area (Å²) < 4.78 is 5.32. The van der Waals surface area contributed by atoms with Crippen molar-refractivity contribution in [3.05, 3.63) is 39.7 Å². The Kier molecular flexibility index (Phi) is 2.94. The highest BCUT2D eigenvalue weighted by Crippen LogP contribution is 2.43. The fourth-order valence-electron chi connectivity index (χ4n) is 2.28. The second kappa shape index (κ2) is 4.64. The summed E-state index contributed by atoms with van der Waals surface area (Å²) >= 11 is 6.13. The number of aromatic nitrogens is 2. The van der Waals surface area contributed by atoms with Gasteiger partial charge in [0.1, 0.15) is 5.52 Å². The third-order valence-electron chi connectivity index (χ3n) is 3.05. The first kappa shape index (κ1) is 12.7. The van der Waals surface area contributed by atoms with Crippen molar-refractivity contribution in [2.24, 2.45) is 0 Å². The molecule has 7 heteroatoms. The first-order chi connectivity index (χ1) is 9.63. The molecule has 102 valence electrons. The Hall–Kier alpha value is -2.34. The minimum absolute atomic E-state index is 0.0891. The summed E-state index contributed by atoms with van der Waals surface area (Å²) in [6.07, 6.45) is 3.25. The summed E-state index contributed by atoms with van der Waals surface area (Å²) in [5.74, 6) is 0.0891. The van der Waals surface area contributed by atoms with Gasteiger partial charge in [-0.2, -0.15) is 0 Å². The molecule has 3 rings (SSSR count). The lowest BCUT2D eigenvalue weighted by molar-refractivity contribution is -0.384. The average Bonchev–Trinajstić information content (AvgIpc) is 2.77. The smallest absolute Gasteiger partial charge is 0.336 e. The summed E-state index contributed by atoms with van der Waals surface area (Å²) in [6.45, 7) is 2.05. The molecule has 1 aromatic carbocycles. The van der Waals surface area contributed by atoms with Crippen LogP contribution in [0.2, 0.25) is 5.02 Å². The Labute approximate surface area is 118 Å². The number of pyridine rings is 1. The predicted molar refractivity (Wildman–Crippen MR) is 76.4 cm³/mol. The van der Waals surface area contributed by atoms with E-state index in [9.17, 15) is 10.1 Å². The van der Waals surface area contributed by atoms with E-state index in [1.165, 1.54) is 0 Å². The molecule has 0 unspecified atom stereocenters. The molecule has 0 aliphatic rings. The molecular weight excluding hydrogens is 282 g/mol. The molecule has 0 saturated heterocycles. The highest BCUT2D eigenvalue weighted by molar-refractivity contribution is 6.34. The summed E-state index contributed by atoms with van der Waals surface area (Å²) in [5, 5.41) is 13.1. The van der Waals surface area contributed by atoms with E-state index in [1.54, 1.807) is 31.5 Å². The van der Waals surface area contributed by atoms with Gasteiger partial charge in [-0.15, -0.1) is 0 Å². The maximum Gasteiger partial charge on any atom is 0.336 e. The molecule has 1 N–H and O–H groups in total. The fraction of sp³-hybridized carbons (Fsp3) is 0.154. The molecule has 2 heterocycles. The standard InChI is InChI=1S/C13H10ClN3O3/c1-2-20-13-9(14)5-8-7-3-4-15-6-10(7)16-11(8)12(13)17(18)19/h3-6,16H,2H2,1H3. The number of nitrogens with zero attached hydrogens (tertiary/aromatic N) is 2. The lowest BCUT2D eigenvalue weighted by atomic mass is 10.1. The number of halogens is 1. The highest BCUT2D eigenvalue weighted by Gasteiger charge is 2.26. The number of nitrogens with one attached hydrogen (secondary N) is 1. The number of hydrogen-bond acceptors (Lipinski definition) is 4. The van der Waals surface area contributed by atoms with Crippen molar-refractivity contribution in [3.8, 4) is 5.75 Å². The number of aromatic amines is 1. The first-order valence-corrected chi connectivity index (χ1v) is 6.36. The Morgan fingerprint density at radius 1 is 1.50 bits per heavy atom. The summed E-state index contributed by atoms with van der Waals surface area (Å²) in [5.41, 5.74) is 0.965. The summed E-state index contributed by atoms with van der Waals surface area (Å²) in [6, 6.07) is 3.46. The van der Waals surface area contributed by atoms with E-state index in [1.807, 2.05) is 0 Å². The predicted octanol–water partition coefficient (Wildman–Crippen LogP) is 3.68. The second-order valence-corrected chi connectivity index (χ2v) is 4.60. The Balaban J connectivity index is 2.48. The number of nitro benzene ring substituents is 1. The number of hydrogen-bond donors (Lipinski definition) is 1. The van der Waals surface area contributed by atoms with Crippen LogP contribution in [0.15, 0.2) is 24.5 Å². The monoisotopic (exact) mass is 291 g/mol. The summed E-state index contributed by atoms with van der Waals surface area (Å²) in [7, 11) is 0. The lowest BCUT2D eigenvalue weighted by Gasteiger charge is -2.07. The molecule has 0 aliphatic heterocycles. The van der Waals surface area contributed by atoms with E-state index < -0.39 is 4.92 Å². The second-order valence-electron chi connectivity index (χ2n) is 4.20. The van der Waals surface area contributed by atoms with Crippen molar-refractivity contribution in [1.82, 2.24) is 9.97 Å². The molecule has 3 aromatic rings. The van der Waals surface area contributed by atoms with Gasteiger partial charge >= 0.3 is 5.69 Å². The van der Waals surface area contributed by atoms with Crippen LogP contribution in [0.5, 0.6) is 5.75 Å². The maximum atomic E-state index is 11.4. The van der Waals surface area contributed by atoms with Gasteiger partial charge in [0, 0.05) is 17.0 Å². The third-order valence-corrected chi connectivity index (χ3v) is 3.33. The van der Waals surface area contributed by atoms with Gasteiger partial charge in [-0.05, 0) is 19.1 Å². The number of benzene rings is 1. The van der Waals surface area contributed by atoms with Crippen molar-refractivity contribution in [2.75, 3.05) is 6.61 Å². The number of H-pyrrole nitrogens is 1. The topological polar surface area (TPSA) is 81.0 Å². The maximum absolute atomic E-state index is 11.4. The zero-order valence-corrected chi connectivity index (χ0v) is 11.3. The van der Waals surface area contributed by atoms with Crippen LogP contribution in [0.4, 0.5) is 5.69 Å². The highest BCUT2D eigenvalue weighted by atomic mass is 35.5. The molecule has 0 atom stereocenters.